The summed E-state index contributed by atoms with van der Waals surface area (Å²) in [6, 6.07) is 0. The van der Waals surface area contributed by atoms with Crippen molar-refractivity contribution in [2.24, 2.45) is 0 Å². The third kappa shape index (κ3) is 8.64. The molecular formula is C3H4Cl3O2P. The lowest BCUT2D eigenvalue weighted by molar-refractivity contribution is 0.470. The topological polar surface area (TPSA) is 26.3 Å². The van der Waals surface area contributed by atoms with E-state index in [1.165, 1.54) is 6.08 Å². The Morgan fingerprint density at radius 2 is 2.11 bits per heavy atom. The minimum absolute atomic E-state index is 0.272. The molecule has 6 heteroatoms. The van der Waals surface area contributed by atoms with Crippen molar-refractivity contribution in [1.82, 2.24) is 0 Å². The molecule has 0 aromatic rings. The van der Waals surface area contributed by atoms with Crippen LogP contribution in [0.25, 0.3) is 0 Å². The Balaban J connectivity index is 3.51. The van der Waals surface area contributed by atoms with Crippen LogP contribution in [0.3, 0.4) is 0 Å². The van der Waals surface area contributed by atoms with Gasteiger partial charge in [-0.15, -0.1) is 11.6 Å². The summed E-state index contributed by atoms with van der Waals surface area (Å²) in [6.07, 6.45) is -0.862. The molecule has 0 aromatic heterocycles. The molecule has 0 atom stereocenters. The van der Waals surface area contributed by atoms with E-state index in [2.05, 4.69) is 4.52 Å². The van der Waals surface area contributed by atoms with Crippen LogP contribution in [0.2, 0.25) is 0 Å². The molecule has 0 saturated carbocycles. The quantitative estimate of drug-likeness (QED) is 0.405. The van der Waals surface area contributed by atoms with Crippen LogP contribution >= 0.6 is 40.2 Å². The fourth-order valence-electron chi connectivity index (χ4n) is 0.150. The molecule has 0 heterocycles. The largest absolute Gasteiger partial charge is 0.431 e. The van der Waals surface area contributed by atoms with E-state index in [1.54, 1.807) is 0 Å². The minimum Gasteiger partial charge on any atom is -0.431 e. The van der Waals surface area contributed by atoms with E-state index in [-0.39, 0.29) is 5.88 Å². The highest BCUT2D eigenvalue weighted by molar-refractivity contribution is 8.05. The number of rotatable bonds is 3. The summed E-state index contributed by atoms with van der Waals surface area (Å²) in [7, 11) is 0. The normalized spacial score (nSPS) is 12.3. The van der Waals surface area contributed by atoms with Crippen LogP contribution in [0.5, 0.6) is 0 Å². The zero-order chi connectivity index (χ0) is 7.33. The first kappa shape index (κ1) is 9.64. The van der Waals surface area contributed by atoms with E-state index < -0.39 is 6.07 Å². The first-order valence-electron chi connectivity index (χ1n) is 1.95. The molecular weight excluding hydrogens is 205 g/mol. The van der Waals surface area contributed by atoms with Crippen LogP contribution in [0, 0.1) is 0 Å². The standard InChI is InChI=1S/C3H4Cl3O2P/c4-2-1-3-8-9(5,6)7/h1,3H,2H2/b3-1+. The van der Waals surface area contributed by atoms with E-state index >= 15 is 0 Å². The number of hydrogen-bond acceptors (Lipinski definition) is 2. The lowest BCUT2D eigenvalue weighted by Crippen LogP contribution is -1.65. The molecule has 0 bridgehead atoms. The highest BCUT2D eigenvalue weighted by Crippen LogP contribution is 2.57. The Hall–Kier alpha value is 0.640. The van der Waals surface area contributed by atoms with Crippen molar-refractivity contribution in [3.8, 4) is 0 Å². The summed E-state index contributed by atoms with van der Waals surface area (Å²) < 4.78 is 14.6. The first-order valence-corrected chi connectivity index (χ1v) is 5.92. The second kappa shape index (κ2) is 4.45. The summed E-state index contributed by atoms with van der Waals surface area (Å²) in [6.45, 7) is 0. The van der Waals surface area contributed by atoms with Crippen LogP contribution in [0.1, 0.15) is 0 Å². The molecule has 2 nitrogen and oxygen atoms in total. The third-order valence-corrected chi connectivity index (χ3v) is 1.39. The van der Waals surface area contributed by atoms with Crippen molar-refractivity contribution >= 4 is 40.2 Å². The molecule has 0 radical (unpaired) electrons. The molecule has 0 aliphatic rings. The Bertz CT molecular complexity index is 140. The smallest absolute Gasteiger partial charge is 0.427 e. The molecule has 0 amide bonds. The summed E-state index contributed by atoms with van der Waals surface area (Å²) in [5.41, 5.74) is 0. The summed E-state index contributed by atoms with van der Waals surface area (Å²) in [5, 5.41) is 0. The summed E-state index contributed by atoms with van der Waals surface area (Å²) >= 11 is 15.1. The number of alkyl halides is 1. The van der Waals surface area contributed by atoms with E-state index in [1.807, 2.05) is 0 Å². The van der Waals surface area contributed by atoms with Crippen LogP contribution in [0.4, 0.5) is 0 Å². The number of hydrogen-bond donors (Lipinski definition) is 0. The molecule has 0 fully saturated rings. The molecule has 0 aromatic carbocycles. The molecule has 0 N–H and O–H groups in total. The molecule has 0 aliphatic carbocycles. The highest BCUT2D eigenvalue weighted by atomic mass is 35.9. The van der Waals surface area contributed by atoms with Gasteiger partial charge in [0.05, 0.1) is 6.26 Å². The van der Waals surface area contributed by atoms with Gasteiger partial charge in [-0.05, 0) is 6.08 Å². The predicted octanol–water partition coefficient (Wildman–Crippen LogP) is 3.34. The zero-order valence-electron chi connectivity index (χ0n) is 4.26. The van der Waals surface area contributed by atoms with Crippen molar-refractivity contribution in [2.75, 3.05) is 5.88 Å². The molecule has 0 saturated heterocycles. The van der Waals surface area contributed by atoms with Crippen molar-refractivity contribution in [3.05, 3.63) is 12.3 Å². The maximum absolute atomic E-state index is 10.3. The summed E-state index contributed by atoms with van der Waals surface area (Å²) in [4.78, 5) is 0. The highest BCUT2D eigenvalue weighted by Gasteiger charge is 2.11. The number of allylic oxidation sites excluding steroid dienone is 1. The minimum atomic E-state index is -3.40. The second-order valence-corrected chi connectivity index (χ2v) is 5.58. The van der Waals surface area contributed by atoms with Crippen molar-refractivity contribution in [2.45, 2.75) is 0 Å². The van der Waals surface area contributed by atoms with Crippen LogP contribution in [0.15, 0.2) is 12.3 Å². The van der Waals surface area contributed by atoms with Crippen molar-refractivity contribution in [3.63, 3.8) is 0 Å². The Morgan fingerprint density at radius 1 is 1.56 bits per heavy atom. The average molecular weight is 209 g/mol. The van der Waals surface area contributed by atoms with Gasteiger partial charge in [0.25, 0.3) is 0 Å². The predicted molar refractivity (Wildman–Crippen MR) is 40.3 cm³/mol. The van der Waals surface area contributed by atoms with Gasteiger partial charge in [-0.3, -0.25) is 0 Å². The van der Waals surface area contributed by atoms with E-state index in [0.717, 1.165) is 6.26 Å². The maximum Gasteiger partial charge on any atom is 0.427 e. The summed E-state index contributed by atoms with van der Waals surface area (Å²) in [5.74, 6) is 0.272. The van der Waals surface area contributed by atoms with E-state index in [9.17, 15) is 4.57 Å². The lowest BCUT2D eigenvalue weighted by Gasteiger charge is -1.96. The molecule has 9 heavy (non-hydrogen) atoms. The lowest BCUT2D eigenvalue weighted by atomic mass is 10.7. The van der Waals surface area contributed by atoms with Crippen LogP contribution < -0.4 is 0 Å². The second-order valence-electron chi connectivity index (χ2n) is 1.05. The Morgan fingerprint density at radius 3 is 2.44 bits per heavy atom. The maximum atomic E-state index is 10.3. The fourth-order valence-corrected chi connectivity index (χ4v) is 0.727. The molecule has 0 aliphatic heterocycles. The Labute approximate surface area is 67.8 Å². The number of halogens is 3. The SMILES string of the molecule is O=P(Cl)(Cl)O/C=C/CCl. The van der Waals surface area contributed by atoms with Crippen molar-refractivity contribution < 1.29 is 9.09 Å². The van der Waals surface area contributed by atoms with Crippen molar-refractivity contribution in [1.29, 1.82) is 0 Å². The third-order valence-electron chi connectivity index (χ3n) is 0.369. The van der Waals surface area contributed by atoms with Gasteiger partial charge in [0.2, 0.25) is 0 Å². The van der Waals surface area contributed by atoms with Gasteiger partial charge in [0.15, 0.2) is 0 Å². The Kier molecular flexibility index (Phi) is 4.77. The molecule has 0 spiro atoms. The van der Waals surface area contributed by atoms with Gasteiger partial charge in [-0.2, -0.15) is 0 Å². The van der Waals surface area contributed by atoms with Gasteiger partial charge in [0.1, 0.15) is 0 Å². The van der Waals surface area contributed by atoms with Gasteiger partial charge in [-0.1, -0.05) is 0 Å². The average Bonchev–Trinajstić information content (AvgIpc) is 1.63. The van der Waals surface area contributed by atoms with Gasteiger partial charge >= 0.3 is 6.07 Å². The van der Waals surface area contributed by atoms with Crippen LogP contribution in [-0.4, -0.2) is 5.88 Å². The molecule has 54 valence electrons. The first-order chi connectivity index (χ1) is 4.06. The van der Waals surface area contributed by atoms with Gasteiger partial charge in [-0.25, -0.2) is 4.57 Å². The molecule has 0 rings (SSSR count). The van der Waals surface area contributed by atoms with E-state index in [0.29, 0.717) is 0 Å². The molecule has 0 unspecified atom stereocenters. The zero-order valence-corrected chi connectivity index (χ0v) is 7.42. The van der Waals surface area contributed by atoms with Crippen LogP contribution in [-0.2, 0) is 9.09 Å². The van der Waals surface area contributed by atoms with Gasteiger partial charge < -0.3 is 4.52 Å². The van der Waals surface area contributed by atoms with Gasteiger partial charge in [0, 0.05) is 28.4 Å². The van der Waals surface area contributed by atoms with E-state index in [4.69, 9.17) is 34.1 Å². The fraction of sp³-hybridized carbons (Fsp3) is 0.333. The monoisotopic (exact) mass is 208 g/mol.